The van der Waals surface area contributed by atoms with E-state index in [1.807, 2.05) is 39.2 Å². The summed E-state index contributed by atoms with van der Waals surface area (Å²) in [6.07, 6.45) is 0. The molecule has 0 N–H and O–H groups in total. The maximum atomic E-state index is 9.07. The van der Waals surface area contributed by atoms with Gasteiger partial charge < -0.3 is 4.57 Å². The first kappa shape index (κ1) is 14.8. The number of hydrogen-bond donors (Lipinski definition) is 0. The lowest BCUT2D eigenvalue weighted by atomic mass is 10.2. The van der Waals surface area contributed by atoms with Gasteiger partial charge in [-0.25, -0.2) is 4.98 Å². The molecular formula is C15H19ClN4. The van der Waals surface area contributed by atoms with Crippen LogP contribution in [0.2, 0.25) is 5.02 Å². The number of imidazole rings is 1. The van der Waals surface area contributed by atoms with Gasteiger partial charge in [-0.05, 0) is 46.1 Å². The molecule has 1 heterocycles. The number of halogens is 1. The summed E-state index contributed by atoms with van der Waals surface area (Å²) in [6.45, 7) is 4.67. The number of aromatic nitrogens is 2. The first-order chi connectivity index (χ1) is 9.43. The quantitative estimate of drug-likeness (QED) is 0.866. The second-order valence-electron chi connectivity index (χ2n) is 5.38. The fourth-order valence-corrected chi connectivity index (χ4v) is 2.34. The van der Waals surface area contributed by atoms with Crippen molar-refractivity contribution in [2.24, 2.45) is 5.92 Å². The van der Waals surface area contributed by atoms with Crippen molar-refractivity contribution in [1.29, 1.82) is 5.26 Å². The fraction of sp³-hybridized carbons (Fsp3) is 0.467. The van der Waals surface area contributed by atoms with Crippen molar-refractivity contribution >= 4 is 22.6 Å². The van der Waals surface area contributed by atoms with E-state index >= 15 is 0 Å². The summed E-state index contributed by atoms with van der Waals surface area (Å²) < 4.78 is 2.13. The molecule has 2 rings (SSSR count). The Labute approximate surface area is 124 Å². The van der Waals surface area contributed by atoms with E-state index in [4.69, 9.17) is 21.8 Å². The second kappa shape index (κ2) is 5.82. The molecule has 0 fully saturated rings. The second-order valence-corrected chi connectivity index (χ2v) is 5.82. The number of nitriles is 1. The molecule has 0 amide bonds. The summed E-state index contributed by atoms with van der Waals surface area (Å²) in [5.74, 6) is 0.908. The van der Waals surface area contributed by atoms with Crippen LogP contribution in [0.5, 0.6) is 0 Å². The average Bonchev–Trinajstić information content (AvgIpc) is 2.75. The largest absolute Gasteiger partial charge is 0.325 e. The Balaban J connectivity index is 2.59. The molecule has 0 aliphatic rings. The minimum absolute atomic E-state index is 0.0591. The zero-order chi connectivity index (χ0) is 14.9. The van der Waals surface area contributed by atoms with Crippen molar-refractivity contribution in [1.82, 2.24) is 14.5 Å². The van der Waals surface area contributed by atoms with E-state index in [0.29, 0.717) is 11.6 Å². The highest BCUT2D eigenvalue weighted by Gasteiger charge is 2.19. The van der Waals surface area contributed by atoms with E-state index in [0.717, 1.165) is 16.9 Å². The van der Waals surface area contributed by atoms with Gasteiger partial charge in [-0.3, -0.25) is 4.90 Å². The van der Waals surface area contributed by atoms with E-state index in [2.05, 4.69) is 22.5 Å². The number of nitrogens with zero attached hydrogens (tertiary/aromatic N) is 4. The average molecular weight is 291 g/mol. The van der Waals surface area contributed by atoms with Gasteiger partial charge in [-0.1, -0.05) is 11.6 Å². The monoisotopic (exact) mass is 290 g/mol. The molecule has 0 radical (unpaired) electrons. The zero-order valence-electron chi connectivity index (χ0n) is 12.3. The Hall–Kier alpha value is -1.57. The van der Waals surface area contributed by atoms with Crippen molar-refractivity contribution < 1.29 is 0 Å². The molecule has 5 heteroatoms. The Morgan fingerprint density at radius 2 is 2.10 bits per heavy atom. The van der Waals surface area contributed by atoms with Gasteiger partial charge in [0.15, 0.2) is 0 Å². The van der Waals surface area contributed by atoms with Gasteiger partial charge in [0.25, 0.3) is 0 Å². The molecule has 2 aromatic rings. The third kappa shape index (κ3) is 2.79. The summed E-state index contributed by atoms with van der Waals surface area (Å²) in [5.41, 5.74) is 1.91. The molecule has 1 aromatic carbocycles. The van der Waals surface area contributed by atoms with E-state index in [1.54, 1.807) is 0 Å². The lowest BCUT2D eigenvalue weighted by Crippen LogP contribution is -2.22. The highest BCUT2D eigenvalue weighted by Crippen LogP contribution is 2.26. The third-order valence-corrected chi connectivity index (χ3v) is 3.80. The molecule has 0 aliphatic heterocycles. The Bertz CT molecular complexity index is 654. The van der Waals surface area contributed by atoms with Gasteiger partial charge in [-0.15, -0.1) is 0 Å². The number of hydrogen-bond acceptors (Lipinski definition) is 3. The molecule has 2 unspecified atom stereocenters. The van der Waals surface area contributed by atoms with Crippen LogP contribution in [0, 0.1) is 17.2 Å². The van der Waals surface area contributed by atoms with Gasteiger partial charge in [-0.2, -0.15) is 5.26 Å². The van der Waals surface area contributed by atoms with Gasteiger partial charge in [0.05, 0.1) is 29.1 Å². The van der Waals surface area contributed by atoms with Crippen molar-refractivity contribution in [3.8, 4) is 6.07 Å². The molecule has 0 saturated heterocycles. The lowest BCUT2D eigenvalue weighted by Gasteiger charge is -2.21. The molecule has 1 aromatic heterocycles. The van der Waals surface area contributed by atoms with E-state index in [1.165, 1.54) is 0 Å². The minimum atomic E-state index is -0.0591. The van der Waals surface area contributed by atoms with Crippen LogP contribution in [0.25, 0.3) is 11.0 Å². The molecule has 2 atom stereocenters. The maximum Gasteiger partial charge on any atom is 0.127 e. The first-order valence-electron chi connectivity index (χ1n) is 6.65. The van der Waals surface area contributed by atoms with Gasteiger partial charge >= 0.3 is 0 Å². The number of benzene rings is 1. The molecule has 4 nitrogen and oxygen atoms in total. The molecule has 0 saturated carbocycles. The van der Waals surface area contributed by atoms with Gasteiger partial charge in [0.2, 0.25) is 0 Å². The third-order valence-electron chi connectivity index (χ3n) is 3.56. The van der Waals surface area contributed by atoms with Crippen molar-refractivity contribution in [3.63, 3.8) is 0 Å². The summed E-state index contributed by atoms with van der Waals surface area (Å²) in [5, 5.41) is 9.75. The summed E-state index contributed by atoms with van der Waals surface area (Å²) >= 11 is 6.04. The van der Waals surface area contributed by atoms with Crippen LogP contribution in [-0.4, -0.2) is 28.5 Å². The van der Waals surface area contributed by atoms with Crippen LogP contribution in [0.1, 0.15) is 25.7 Å². The summed E-state index contributed by atoms with van der Waals surface area (Å²) in [7, 11) is 4.05. The van der Waals surface area contributed by atoms with E-state index in [-0.39, 0.29) is 12.0 Å². The number of fused-ring (bicyclic) bond motifs is 1. The van der Waals surface area contributed by atoms with Crippen LogP contribution < -0.4 is 0 Å². The van der Waals surface area contributed by atoms with Crippen LogP contribution in [0.4, 0.5) is 0 Å². The Morgan fingerprint density at radius 3 is 2.70 bits per heavy atom. The van der Waals surface area contributed by atoms with E-state index in [9.17, 15) is 0 Å². The smallest absolute Gasteiger partial charge is 0.127 e. The predicted molar refractivity (Wildman–Crippen MR) is 81.6 cm³/mol. The highest BCUT2D eigenvalue weighted by molar-refractivity contribution is 6.31. The van der Waals surface area contributed by atoms with Crippen LogP contribution in [-0.2, 0) is 6.54 Å². The van der Waals surface area contributed by atoms with Crippen LogP contribution in [0.15, 0.2) is 18.2 Å². The minimum Gasteiger partial charge on any atom is -0.325 e. The maximum absolute atomic E-state index is 9.07. The molecule has 0 bridgehead atoms. The van der Waals surface area contributed by atoms with Crippen molar-refractivity contribution in [2.75, 3.05) is 14.1 Å². The molecule has 20 heavy (non-hydrogen) atoms. The van der Waals surface area contributed by atoms with Crippen LogP contribution in [0.3, 0.4) is 0 Å². The lowest BCUT2D eigenvalue weighted by molar-refractivity contribution is 0.299. The standard InChI is InChI=1S/C15H19ClN4/c1-10(8-17)9-20-14-6-5-12(16)7-13(14)18-15(20)11(2)19(3)4/h5-7,10-11H,9H2,1-4H3. The molecule has 106 valence electrons. The summed E-state index contributed by atoms with van der Waals surface area (Å²) in [6, 6.07) is 8.17. The normalized spacial score (nSPS) is 14.4. The topological polar surface area (TPSA) is 44.9 Å². The highest BCUT2D eigenvalue weighted by atomic mass is 35.5. The van der Waals surface area contributed by atoms with Crippen LogP contribution >= 0.6 is 11.6 Å². The fourth-order valence-electron chi connectivity index (χ4n) is 2.18. The Morgan fingerprint density at radius 1 is 1.40 bits per heavy atom. The van der Waals surface area contributed by atoms with Crippen molar-refractivity contribution in [2.45, 2.75) is 26.4 Å². The molecular weight excluding hydrogens is 272 g/mol. The van der Waals surface area contributed by atoms with Gasteiger partial charge in [0, 0.05) is 11.6 Å². The molecule has 0 aliphatic carbocycles. The summed E-state index contributed by atoms with van der Waals surface area (Å²) in [4.78, 5) is 6.82. The molecule has 0 spiro atoms. The van der Waals surface area contributed by atoms with Gasteiger partial charge in [0.1, 0.15) is 5.82 Å². The zero-order valence-corrected chi connectivity index (χ0v) is 13.0. The number of rotatable bonds is 4. The first-order valence-corrected chi connectivity index (χ1v) is 7.03. The SMILES string of the molecule is CC(C#N)Cn1c(C(C)N(C)C)nc2cc(Cl)ccc21. The van der Waals surface area contributed by atoms with E-state index < -0.39 is 0 Å². The predicted octanol–water partition coefficient (Wildman–Crippen LogP) is 3.47. The van der Waals surface area contributed by atoms with Crippen molar-refractivity contribution in [3.05, 3.63) is 29.0 Å². The Kier molecular flexibility index (Phi) is 4.32.